The zero-order valence-corrected chi connectivity index (χ0v) is 14.6. The van der Waals surface area contributed by atoms with Gasteiger partial charge < -0.3 is 5.73 Å². The molecule has 1 aliphatic rings. The van der Waals surface area contributed by atoms with Crippen LogP contribution in [0.3, 0.4) is 0 Å². The van der Waals surface area contributed by atoms with Gasteiger partial charge in [0.05, 0.1) is 10.7 Å². The molecule has 2 atom stereocenters. The summed E-state index contributed by atoms with van der Waals surface area (Å²) in [6.07, 6.45) is 1.67. The second-order valence-corrected chi connectivity index (χ2v) is 6.40. The van der Waals surface area contributed by atoms with Crippen molar-refractivity contribution in [2.45, 2.75) is 13.0 Å². The van der Waals surface area contributed by atoms with Crippen LogP contribution in [0.25, 0.3) is 11.4 Å². The fraction of sp³-hybridized carbons (Fsp3) is 0.167. The van der Waals surface area contributed by atoms with Gasteiger partial charge in [0.1, 0.15) is 12.0 Å². The van der Waals surface area contributed by atoms with Gasteiger partial charge in [-0.25, -0.2) is 9.67 Å². The summed E-state index contributed by atoms with van der Waals surface area (Å²) in [5.41, 5.74) is 7.60. The van der Waals surface area contributed by atoms with Crippen LogP contribution in [0.15, 0.2) is 53.7 Å². The number of aliphatic imine (C=N–C) groups is 1. The number of carbonyl (C=O) groups excluding carboxylic acids is 1. The fourth-order valence-corrected chi connectivity index (χ4v) is 3.36. The lowest BCUT2D eigenvalue weighted by molar-refractivity contribution is -0.120. The van der Waals surface area contributed by atoms with Crippen molar-refractivity contribution in [3.63, 3.8) is 0 Å². The van der Waals surface area contributed by atoms with Crippen LogP contribution >= 0.6 is 11.6 Å². The molecule has 26 heavy (non-hydrogen) atoms. The predicted molar refractivity (Wildman–Crippen MR) is 98.3 cm³/mol. The molecule has 0 saturated carbocycles. The molecule has 1 aliphatic heterocycles. The molecule has 0 spiro atoms. The Morgan fingerprint density at radius 1 is 1.19 bits per heavy atom. The van der Waals surface area contributed by atoms with Crippen LogP contribution in [-0.2, 0) is 4.79 Å². The lowest BCUT2D eigenvalue weighted by atomic mass is 9.90. The van der Waals surface area contributed by atoms with Crippen molar-refractivity contribution in [1.29, 1.82) is 0 Å². The van der Waals surface area contributed by atoms with Gasteiger partial charge in [0.15, 0.2) is 5.82 Å². The minimum atomic E-state index is -0.654. The van der Waals surface area contributed by atoms with E-state index in [1.54, 1.807) is 23.9 Å². The number of benzene rings is 1. The van der Waals surface area contributed by atoms with E-state index in [9.17, 15) is 4.79 Å². The molecular weight excluding hydrogens is 352 g/mol. The largest absolute Gasteiger partial charge is 0.369 e. The molecule has 0 aliphatic carbocycles. The summed E-state index contributed by atoms with van der Waals surface area (Å²) in [6, 6.07) is 12.3. The van der Waals surface area contributed by atoms with Crippen molar-refractivity contribution in [3.8, 4) is 11.4 Å². The first-order valence-electron chi connectivity index (χ1n) is 8.03. The standard InChI is InChI=1S/C18H15ClN6O/c1-10-14(16(20)26)15(13-8-4-5-9-21-13)25-18(22-10)23-17(24-25)11-6-2-3-7-12(11)19/h2-9,14-15H,1H3,(H2,20,26). The highest BCUT2D eigenvalue weighted by Crippen LogP contribution is 2.36. The SMILES string of the molecule is CC1=Nc2nc(-c3ccccc3Cl)nn2C(c2ccccn2)C1C(N)=O. The van der Waals surface area contributed by atoms with E-state index in [4.69, 9.17) is 17.3 Å². The maximum atomic E-state index is 12.1. The van der Waals surface area contributed by atoms with E-state index in [-0.39, 0.29) is 0 Å². The van der Waals surface area contributed by atoms with Gasteiger partial charge in [0.2, 0.25) is 11.9 Å². The molecule has 130 valence electrons. The summed E-state index contributed by atoms with van der Waals surface area (Å²) in [7, 11) is 0. The zero-order valence-electron chi connectivity index (χ0n) is 13.9. The van der Waals surface area contributed by atoms with Crippen LogP contribution in [0.5, 0.6) is 0 Å². The Morgan fingerprint density at radius 2 is 1.96 bits per heavy atom. The second kappa shape index (κ2) is 6.34. The third-order valence-corrected chi connectivity index (χ3v) is 4.66. The minimum Gasteiger partial charge on any atom is -0.369 e. The smallest absolute Gasteiger partial charge is 0.248 e. The normalized spacial score (nSPS) is 18.9. The lowest BCUT2D eigenvalue weighted by Crippen LogP contribution is -2.39. The molecule has 4 rings (SSSR count). The number of carbonyl (C=O) groups is 1. The lowest BCUT2D eigenvalue weighted by Gasteiger charge is -2.28. The first-order valence-corrected chi connectivity index (χ1v) is 8.41. The Morgan fingerprint density at radius 3 is 2.65 bits per heavy atom. The van der Waals surface area contributed by atoms with Crippen LogP contribution < -0.4 is 5.73 Å². The third kappa shape index (κ3) is 2.66. The molecule has 0 radical (unpaired) electrons. The molecule has 0 bridgehead atoms. The molecule has 1 aromatic carbocycles. The highest BCUT2D eigenvalue weighted by atomic mass is 35.5. The van der Waals surface area contributed by atoms with Crippen LogP contribution in [0.1, 0.15) is 18.7 Å². The Labute approximate surface area is 154 Å². The van der Waals surface area contributed by atoms with E-state index >= 15 is 0 Å². The maximum Gasteiger partial charge on any atom is 0.248 e. The molecular formula is C18H15ClN6O. The molecule has 2 N–H and O–H groups in total. The monoisotopic (exact) mass is 366 g/mol. The number of pyridine rings is 1. The molecule has 7 nitrogen and oxygen atoms in total. The van der Waals surface area contributed by atoms with Gasteiger partial charge in [-0.1, -0.05) is 29.8 Å². The molecule has 2 unspecified atom stereocenters. The number of aromatic nitrogens is 4. The average molecular weight is 367 g/mol. The number of rotatable bonds is 3. The summed E-state index contributed by atoms with van der Waals surface area (Å²) in [6.45, 7) is 1.76. The van der Waals surface area contributed by atoms with Crippen molar-refractivity contribution < 1.29 is 4.79 Å². The molecule has 3 heterocycles. The zero-order chi connectivity index (χ0) is 18.3. The topological polar surface area (TPSA) is 99.1 Å². The van der Waals surface area contributed by atoms with E-state index < -0.39 is 17.9 Å². The third-order valence-electron chi connectivity index (χ3n) is 4.33. The fourth-order valence-electron chi connectivity index (χ4n) is 3.14. The highest BCUT2D eigenvalue weighted by molar-refractivity contribution is 6.33. The van der Waals surface area contributed by atoms with Crippen molar-refractivity contribution in [1.82, 2.24) is 19.7 Å². The number of nitrogens with two attached hydrogens (primary N) is 1. The van der Waals surface area contributed by atoms with E-state index in [1.165, 1.54) is 0 Å². The van der Waals surface area contributed by atoms with Crippen molar-refractivity contribution in [3.05, 3.63) is 59.4 Å². The van der Waals surface area contributed by atoms with Crippen molar-refractivity contribution in [2.75, 3.05) is 0 Å². The Kier molecular flexibility index (Phi) is 4.00. The number of nitrogens with zero attached hydrogens (tertiary/aromatic N) is 5. The molecule has 2 aromatic heterocycles. The van der Waals surface area contributed by atoms with Crippen LogP contribution in [0, 0.1) is 5.92 Å². The Bertz CT molecular complexity index is 1010. The molecule has 8 heteroatoms. The minimum absolute atomic E-state index is 0.394. The number of hydrogen-bond donors (Lipinski definition) is 1. The number of hydrogen-bond acceptors (Lipinski definition) is 5. The molecule has 0 fully saturated rings. The van der Waals surface area contributed by atoms with Crippen LogP contribution in [0.4, 0.5) is 5.95 Å². The van der Waals surface area contributed by atoms with Gasteiger partial charge in [0.25, 0.3) is 0 Å². The summed E-state index contributed by atoms with van der Waals surface area (Å²) in [5, 5.41) is 5.11. The average Bonchev–Trinajstić information content (AvgIpc) is 3.04. The summed E-state index contributed by atoms with van der Waals surface area (Å²) in [5.74, 6) is -0.306. The predicted octanol–water partition coefficient (Wildman–Crippen LogP) is 2.79. The van der Waals surface area contributed by atoms with Gasteiger partial charge >= 0.3 is 0 Å². The van der Waals surface area contributed by atoms with Crippen molar-refractivity contribution >= 4 is 29.2 Å². The van der Waals surface area contributed by atoms with Crippen LogP contribution in [0.2, 0.25) is 5.02 Å². The molecule has 1 amide bonds. The van der Waals surface area contributed by atoms with Gasteiger partial charge in [-0.15, -0.1) is 5.10 Å². The summed E-state index contributed by atoms with van der Waals surface area (Å²) >= 11 is 6.27. The Balaban J connectivity index is 1.91. The quantitative estimate of drug-likeness (QED) is 0.770. The van der Waals surface area contributed by atoms with Gasteiger partial charge in [0, 0.05) is 17.5 Å². The molecule has 3 aromatic rings. The Hall–Kier alpha value is -3.06. The number of amides is 1. The van der Waals surface area contributed by atoms with E-state index in [0.29, 0.717) is 33.8 Å². The first kappa shape index (κ1) is 16.4. The highest BCUT2D eigenvalue weighted by Gasteiger charge is 2.39. The first-order chi connectivity index (χ1) is 12.6. The van der Waals surface area contributed by atoms with Gasteiger partial charge in [-0.3, -0.25) is 9.78 Å². The van der Waals surface area contributed by atoms with Gasteiger partial charge in [-0.05, 0) is 31.2 Å². The summed E-state index contributed by atoms with van der Waals surface area (Å²) < 4.78 is 1.60. The van der Waals surface area contributed by atoms with Crippen LogP contribution in [-0.4, -0.2) is 31.4 Å². The number of halogens is 1. The van der Waals surface area contributed by atoms with E-state index in [1.807, 2.05) is 36.4 Å². The second-order valence-electron chi connectivity index (χ2n) is 5.99. The number of primary amides is 1. The van der Waals surface area contributed by atoms with Crippen molar-refractivity contribution in [2.24, 2.45) is 16.6 Å². The summed E-state index contributed by atoms with van der Waals surface area (Å²) in [4.78, 5) is 25.4. The number of fused-ring (bicyclic) bond motifs is 1. The van der Waals surface area contributed by atoms with E-state index in [2.05, 4.69) is 20.1 Å². The maximum absolute atomic E-state index is 12.1. The van der Waals surface area contributed by atoms with E-state index in [0.717, 1.165) is 0 Å². The molecule has 0 saturated heterocycles. The van der Waals surface area contributed by atoms with Gasteiger partial charge in [-0.2, -0.15) is 4.98 Å².